The molecule has 0 aliphatic carbocycles. The fourth-order valence-corrected chi connectivity index (χ4v) is 2.37. The second-order valence-corrected chi connectivity index (χ2v) is 5.65. The molecular weight excluding hydrogens is 310 g/mol. The zero-order valence-corrected chi connectivity index (χ0v) is 13.2. The number of rotatable bonds is 5. The Labute approximate surface area is 139 Å². The van der Waals surface area contributed by atoms with Gasteiger partial charge in [0.2, 0.25) is 5.91 Å². The molecule has 1 N–H and O–H groups in total. The van der Waals surface area contributed by atoms with E-state index in [0.717, 1.165) is 16.8 Å². The maximum absolute atomic E-state index is 12.0. The van der Waals surface area contributed by atoms with E-state index in [9.17, 15) is 4.79 Å². The van der Waals surface area contributed by atoms with E-state index in [1.165, 1.54) is 0 Å². The highest BCUT2D eigenvalue weighted by molar-refractivity contribution is 6.30. The van der Waals surface area contributed by atoms with Crippen molar-refractivity contribution >= 4 is 17.5 Å². The Bertz CT molecular complexity index is 765. The number of hydrogen-bond acceptors (Lipinski definition) is 2. The number of nitrogens with zero attached hydrogens (tertiary/aromatic N) is 2. The summed E-state index contributed by atoms with van der Waals surface area (Å²) >= 11 is 5.83. The zero-order valence-electron chi connectivity index (χ0n) is 12.4. The second kappa shape index (κ2) is 7.11. The molecule has 116 valence electrons. The van der Waals surface area contributed by atoms with Crippen molar-refractivity contribution in [1.82, 2.24) is 14.9 Å². The average molecular weight is 326 g/mol. The van der Waals surface area contributed by atoms with Gasteiger partial charge in [0.15, 0.2) is 0 Å². The Hall–Kier alpha value is -2.59. The van der Waals surface area contributed by atoms with Crippen molar-refractivity contribution in [2.75, 3.05) is 0 Å². The van der Waals surface area contributed by atoms with Gasteiger partial charge in [0.25, 0.3) is 0 Å². The van der Waals surface area contributed by atoms with Crippen LogP contribution in [0.25, 0.3) is 5.69 Å². The lowest BCUT2D eigenvalue weighted by atomic mass is 10.1. The van der Waals surface area contributed by atoms with Crippen LogP contribution in [0, 0.1) is 0 Å². The van der Waals surface area contributed by atoms with Crippen molar-refractivity contribution in [2.45, 2.75) is 13.0 Å². The SMILES string of the molecule is O=C(Cc1ccc(Cl)cc1)NCc1ccc(-n2ccnc2)cc1. The van der Waals surface area contributed by atoms with Crippen LogP contribution in [0.4, 0.5) is 0 Å². The zero-order chi connectivity index (χ0) is 16.1. The summed E-state index contributed by atoms with van der Waals surface area (Å²) in [6.45, 7) is 0.511. The molecule has 3 aromatic rings. The third kappa shape index (κ3) is 4.20. The van der Waals surface area contributed by atoms with Crippen LogP contribution in [0.1, 0.15) is 11.1 Å². The molecule has 0 atom stereocenters. The third-order valence-corrected chi connectivity index (χ3v) is 3.76. The van der Waals surface area contributed by atoms with Gasteiger partial charge in [-0.1, -0.05) is 35.9 Å². The highest BCUT2D eigenvalue weighted by Gasteiger charge is 2.04. The van der Waals surface area contributed by atoms with Crippen LogP contribution in [0.15, 0.2) is 67.3 Å². The molecule has 1 heterocycles. The molecular formula is C18H16ClN3O. The topological polar surface area (TPSA) is 46.9 Å². The third-order valence-electron chi connectivity index (χ3n) is 3.51. The minimum atomic E-state index is -0.00833. The van der Waals surface area contributed by atoms with Gasteiger partial charge in [0.05, 0.1) is 12.7 Å². The van der Waals surface area contributed by atoms with E-state index in [0.29, 0.717) is 18.0 Å². The summed E-state index contributed by atoms with van der Waals surface area (Å²) in [5.41, 5.74) is 3.04. The number of amides is 1. The number of halogens is 1. The molecule has 3 rings (SSSR count). The number of hydrogen-bond donors (Lipinski definition) is 1. The summed E-state index contributed by atoms with van der Waals surface area (Å²) < 4.78 is 1.93. The Kier molecular flexibility index (Phi) is 4.74. The molecule has 2 aromatic carbocycles. The van der Waals surface area contributed by atoms with Crippen molar-refractivity contribution in [3.63, 3.8) is 0 Å². The summed E-state index contributed by atoms with van der Waals surface area (Å²) in [7, 11) is 0. The first-order valence-electron chi connectivity index (χ1n) is 7.29. The second-order valence-electron chi connectivity index (χ2n) is 5.22. The first kappa shape index (κ1) is 15.3. The van der Waals surface area contributed by atoms with Gasteiger partial charge >= 0.3 is 0 Å². The van der Waals surface area contributed by atoms with Crippen LogP contribution in [-0.4, -0.2) is 15.5 Å². The summed E-state index contributed by atoms with van der Waals surface area (Å²) in [5.74, 6) is -0.00833. The number of nitrogens with one attached hydrogen (secondary N) is 1. The molecule has 0 bridgehead atoms. The molecule has 0 saturated heterocycles. The van der Waals surface area contributed by atoms with E-state index < -0.39 is 0 Å². The lowest BCUT2D eigenvalue weighted by Crippen LogP contribution is -2.24. The summed E-state index contributed by atoms with van der Waals surface area (Å²) in [4.78, 5) is 16.0. The largest absolute Gasteiger partial charge is 0.352 e. The van der Waals surface area contributed by atoms with Gasteiger partial charge in [-0.05, 0) is 35.4 Å². The molecule has 4 nitrogen and oxygen atoms in total. The minimum absolute atomic E-state index is 0.00833. The summed E-state index contributed by atoms with van der Waals surface area (Å²) in [5, 5.41) is 3.60. The average Bonchev–Trinajstić information content (AvgIpc) is 3.10. The smallest absolute Gasteiger partial charge is 0.224 e. The number of imidazole rings is 1. The van der Waals surface area contributed by atoms with Crippen LogP contribution < -0.4 is 5.32 Å². The van der Waals surface area contributed by atoms with Crippen LogP contribution in [0.3, 0.4) is 0 Å². The highest BCUT2D eigenvalue weighted by atomic mass is 35.5. The van der Waals surface area contributed by atoms with Gasteiger partial charge in [-0.25, -0.2) is 4.98 Å². The van der Waals surface area contributed by atoms with Crippen LogP contribution in [-0.2, 0) is 17.8 Å². The lowest BCUT2D eigenvalue weighted by molar-refractivity contribution is -0.120. The quantitative estimate of drug-likeness (QED) is 0.781. The molecule has 0 aliphatic rings. The molecule has 5 heteroatoms. The monoisotopic (exact) mass is 325 g/mol. The summed E-state index contributed by atoms with van der Waals surface area (Å²) in [6.07, 6.45) is 5.74. The van der Waals surface area contributed by atoms with E-state index in [2.05, 4.69) is 10.3 Å². The number of benzene rings is 2. The van der Waals surface area contributed by atoms with Crippen LogP contribution >= 0.6 is 11.6 Å². The van der Waals surface area contributed by atoms with Crippen molar-refractivity contribution in [2.24, 2.45) is 0 Å². The van der Waals surface area contributed by atoms with Crippen LogP contribution in [0.2, 0.25) is 5.02 Å². The molecule has 1 amide bonds. The number of aromatic nitrogens is 2. The van der Waals surface area contributed by atoms with Crippen molar-refractivity contribution < 1.29 is 4.79 Å². The van der Waals surface area contributed by atoms with Crippen LogP contribution in [0.5, 0.6) is 0 Å². The maximum atomic E-state index is 12.0. The Morgan fingerprint density at radius 2 is 1.74 bits per heavy atom. The molecule has 0 unspecified atom stereocenters. The van der Waals surface area contributed by atoms with Gasteiger partial charge in [0, 0.05) is 29.6 Å². The number of carbonyl (C=O) groups excluding carboxylic acids is 1. The van der Waals surface area contributed by atoms with Crippen molar-refractivity contribution in [3.05, 3.63) is 83.4 Å². The summed E-state index contributed by atoms with van der Waals surface area (Å²) in [6, 6.07) is 15.3. The van der Waals surface area contributed by atoms with E-state index in [1.807, 2.05) is 47.2 Å². The Morgan fingerprint density at radius 1 is 1.04 bits per heavy atom. The molecule has 0 aliphatic heterocycles. The predicted molar refractivity (Wildman–Crippen MR) is 90.6 cm³/mol. The van der Waals surface area contributed by atoms with E-state index in [-0.39, 0.29) is 5.91 Å². The van der Waals surface area contributed by atoms with Crippen molar-refractivity contribution in [1.29, 1.82) is 0 Å². The minimum Gasteiger partial charge on any atom is -0.352 e. The van der Waals surface area contributed by atoms with E-state index >= 15 is 0 Å². The fourth-order valence-electron chi connectivity index (χ4n) is 2.25. The lowest BCUT2D eigenvalue weighted by Gasteiger charge is -2.07. The number of carbonyl (C=O) groups is 1. The highest BCUT2D eigenvalue weighted by Crippen LogP contribution is 2.11. The van der Waals surface area contributed by atoms with Gasteiger partial charge < -0.3 is 9.88 Å². The first-order chi connectivity index (χ1) is 11.2. The molecule has 0 fully saturated rings. The van der Waals surface area contributed by atoms with Gasteiger partial charge in [0.1, 0.15) is 0 Å². The molecule has 0 saturated carbocycles. The molecule has 23 heavy (non-hydrogen) atoms. The van der Waals surface area contributed by atoms with E-state index in [1.54, 1.807) is 24.7 Å². The standard InChI is InChI=1S/C18H16ClN3O/c19-16-5-1-14(2-6-16)11-18(23)21-12-15-3-7-17(8-4-15)22-10-9-20-13-22/h1-10,13H,11-12H2,(H,21,23). The maximum Gasteiger partial charge on any atom is 0.224 e. The molecule has 0 spiro atoms. The van der Waals surface area contributed by atoms with Crippen molar-refractivity contribution in [3.8, 4) is 5.69 Å². The van der Waals surface area contributed by atoms with Gasteiger partial charge in [-0.3, -0.25) is 4.79 Å². The Morgan fingerprint density at radius 3 is 2.39 bits per heavy atom. The Balaban J connectivity index is 1.53. The first-order valence-corrected chi connectivity index (χ1v) is 7.67. The van der Waals surface area contributed by atoms with Gasteiger partial charge in [-0.15, -0.1) is 0 Å². The molecule has 0 radical (unpaired) electrons. The molecule has 1 aromatic heterocycles. The fraction of sp³-hybridized carbons (Fsp3) is 0.111. The predicted octanol–water partition coefficient (Wildman–Crippen LogP) is 3.38. The normalized spacial score (nSPS) is 10.5. The van der Waals surface area contributed by atoms with E-state index in [4.69, 9.17) is 11.6 Å². The van der Waals surface area contributed by atoms with Gasteiger partial charge in [-0.2, -0.15) is 0 Å².